The highest BCUT2D eigenvalue weighted by Crippen LogP contribution is 2.27. The number of aromatic nitrogens is 4. The molecule has 0 bridgehead atoms. The molecule has 2 aromatic heterocycles. The van der Waals surface area contributed by atoms with Crippen molar-refractivity contribution in [2.24, 2.45) is 0 Å². The maximum absolute atomic E-state index is 5.22. The average Bonchev–Trinajstić information content (AvgIpc) is 2.88. The van der Waals surface area contributed by atoms with Crippen LogP contribution in [0.1, 0.15) is 25.7 Å². The molecule has 0 N–H and O–H groups in total. The predicted octanol–water partition coefficient (Wildman–Crippen LogP) is 3.20. The molecule has 3 aromatic rings. The van der Waals surface area contributed by atoms with Crippen LogP contribution in [-0.4, -0.2) is 39.9 Å². The fourth-order valence-corrected chi connectivity index (χ4v) is 3.28. The van der Waals surface area contributed by atoms with Crippen molar-refractivity contribution in [3.63, 3.8) is 0 Å². The normalized spacial score (nSPS) is 15.5. The van der Waals surface area contributed by atoms with Crippen molar-refractivity contribution in [2.45, 2.75) is 25.7 Å². The highest BCUT2D eigenvalue weighted by Gasteiger charge is 2.17. The molecule has 0 radical (unpaired) electrons. The van der Waals surface area contributed by atoms with Crippen LogP contribution < -0.4 is 9.64 Å². The maximum atomic E-state index is 5.22. The largest absolute Gasteiger partial charge is 0.497 e. The third-order valence-corrected chi connectivity index (χ3v) is 4.57. The first-order valence-corrected chi connectivity index (χ1v) is 8.45. The molecule has 0 unspecified atom stereocenters. The van der Waals surface area contributed by atoms with Gasteiger partial charge in [0, 0.05) is 13.1 Å². The summed E-state index contributed by atoms with van der Waals surface area (Å²) < 4.78 is 7.08. The van der Waals surface area contributed by atoms with Crippen molar-refractivity contribution in [3.05, 3.63) is 36.8 Å². The van der Waals surface area contributed by atoms with Crippen LogP contribution >= 0.6 is 0 Å². The molecule has 0 amide bonds. The molecule has 1 aliphatic heterocycles. The van der Waals surface area contributed by atoms with Gasteiger partial charge in [-0.2, -0.15) is 5.10 Å². The number of hydrogen-bond acceptors (Lipinski definition) is 5. The van der Waals surface area contributed by atoms with Crippen LogP contribution in [0.25, 0.3) is 16.7 Å². The molecule has 1 fully saturated rings. The molecular formula is C18H21N5O. The maximum Gasteiger partial charge on any atom is 0.168 e. The summed E-state index contributed by atoms with van der Waals surface area (Å²) in [5.41, 5.74) is 1.81. The molecule has 1 saturated heterocycles. The SMILES string of the molecule is COc1ccc(-n2ncc3c(N4CCCCCC4)ncnc32)cc1. The molecule has 0 saturated carbocycles. The first-order chi connectivity index (χ1) is 11.9. The Hall–Kier alpha value is -2.63. The molecular weight excluding hydrogens is 302 g/mol. The summed E-state index contributed by atoms with van der Waals surface area (Å²) in [6, 6.07) is 7.83. The Kier molecular flexibility index (Phi) is 4.02. The van der Waals surface area contributed by atoms with E-state index in [0.29, 0.717) is 0 Å². The van der Waals surface area contributed by atoms with Gasteiger partial charge in [0.2, 0.25) is 0 Å². The van der Waals surface area contributed by atoms with Gasteiger partial charge in [0.15, 0.2) is 5.65 Å². The summed E-state index contributed by atoms with van der Waals surface area (Å²) >= 11 is 0. The summed E-state index contributed by atoms with van der Waals surface area (Å²) in [4.78, 5) is 11.4. The van der Waals surface area contributed by atoms with Crippen LogP contribution in [-0.2, 0) is 0 Å². The minimum absolute atomic E-state index is 0.829. The van der Waals surface area contributed by atoms with E-state index in [9.17, 15) is 0 Å². The third kappa shape index (κ3) is 2.68. The summed E-state index contributed by atoms with van der Waals surface area (Å²) in [6.07, 6.45) is 8.56. The van der Waals surface area contributed by atoms with Gasteiger partial charge in [-0.05, 0) is 37.1 Å². The van der Waals surface area contributed by atoms with Crippen LogP contribution in [0.3, 0.4) is 0 Å². The number of nitrogens with zero attached hydrogens (tertiary/aromatic N) is 5. The number of methoxy groups -OCH3 is 1. The van der Waals surface area contributed by atoms with Gasteiger partial charge < -0.3 is 9.64 Å². The summed E-state index contributed by atoms with van der Waals surface area (Å²) in [7, 11) is 1.67. The monoisotopic (exact) mass is 323 g/mol. The van der Waals surface area contributed by atoms with Gasteiger partial charge in [-0.1, -0.05) is 12.8 Å². The van der Waals surface area contributed by atoms with Gasteiger partial charge in [0.25, 0.3) is 0 Å². The van der Waals surface area contributed by atoms with Crippen molar-refractivity contribution >= 4 is 16.9 Å². The zero-order chi connectivity index (χ0) is 16.4. The molecule has 1 aromatic carbocycles. The second kappa shape index (κ2) is 6.47. The fraction of sp³-hybridized carbons (Fsp3) is 0.389. The van der Waals surface area contributed by atoms with Crippen LogP contribution in [0.2, 0.25) is 0 Å². The number of fused-ring (bicyclic) bond motifs is 1. The van der Waals surface area contributed by atoms with E-state index in [2.05, 4.69) is 20.0 Å². The van der Waals surface area contributed by atoms with Crippen LogP contribution in [0.15, 0.2) is 36.8 Å². The highest BCUT2D eigenvalue weighted by atomic mass is 16.5. The lowest BCUT2D eigenvalue weighted by molar-refractivity contribution is 0.414. The molecule has 0 atom stereocenters. The van der Waals surface area contributed by atoms with Crippen molar-refractivity contribution in [1.29, 1.82) is 0 Å². The Morgan fingerprint density at radius 3 is 2.42 bits per heavy atom. The summed E-state index contributed by atoms with van der Waals surface area (Å²) in [6.45, 7) is 2.11. The number of ether oxygens (including phenoxy) is 1. The highest BCUT2D eigenvalue weighted by molar-refractivity contribution is 5.87. The van der Waals surface area contributed by atoms with Gasteiger partial charge in [-0.15, -0.1) is 0 Å². The Balaban J connectivity index is 1.75. The first-order valence-electron chi connectivity index (χ1n) is 8.45. The minimum Gasteiger partial charge on any atom is -0.497 e. The van der Waals surface area contributed by atoms with E-state index in [1.807, 2.05) is 35.1 Å². The molecule has 4 rings (SSSR count). The Morgan fingerprint density at radius 1 is 0.958 bits per heavy atom. The first kappa shape index (κ1) is 14.9. The van der Waals surface area contributed by atoms with Crippen molar-refractivity contribution in [2.75, 3.05) is 25.1 Å². The lowest BCUT2D eigenvalue weighted by Crippen LogP contribution is -2.25. The molecule has 3 heterocycles. The summed E-state index contributed by atoms with van der Waals surface area (Å²) in [5, 5.41) is 5.56. The zero-order valence-electron chi connectivity index (χ0n) is 13.9. The van der Waals surface area contributed by atoms with Crippen LogP contribution in [0.4, 0.5) is 5.82 Å². The average molecular weight is 323 g/mol. The van der Waals surface area contributed by atoms with Gasteiger partial charge in [-0.3, -0.25) is 0 Å². The second-order valence-electron chi connectivity index (χ2n) is 6.09. The molecule has 124 valence electrons. The molecule has 6 heteroatoms. The zero-order valence-corrected chi connectivity index (χ0v) is 13.9. The van der Waals surface area contributed by atoms with Crippen LogP contribution in [0, 0.1) is 0 Å². The second-order valence-corrected chi connectivity index (χ2v) is 6.09. The number of rotatable bonds is 3. The Bertz CT molecular complexity index is 819. The predicted molar refractivity (Wildman–Crippen MR) is 93.9 cm³/mol. The topological polar surface area (TPSA) is 56.1 Å². The van der Waals surface area contributed by atoms with Crippen molar-refractivity contribution in [1.82, 2.24) is 19.7 Å². The van der Waals surface area contributed by atoms with Crippen molar-refractivity contribution in [3.8, 4) is 11.4 Å². The van der Waals surface area contributed by atoms with E-state index >= 15 is 0 Å². The van der Waals surface area contributed by atoms with E-state index in [0.717, 1.165) is 41.4 Å². The number of hydrogen-bond donors (Lipinski definition) is 0. The number of benzene rings is 1. The van der Waals surface area contributed by atoms with Crippen LogP contribution in [0.5, 0.6) is 5.75 Å². The van der Waals surface area contributed by atoms with Crippen molar-refractivity contribution < 1.29 is 4.74 Å². The molecule has 0 spiro atoms. The van der Waals surface area contributed by atoms with Gasteiger partial charge in [-0.25, -0.2) is 14.6 Å². The number of anilines is 1. The fourth-order valence-electron chi connectivity index (χ4n) is 3.28. The lowest BCUT2D eigenvalue weighted by atomic mass is 10.2. The summed E-state index contributed by atoms with van der Waals surface area (Å²) in [5.74, 6) is 1.83. The van der Waals surface area contributed by atoms with E-state index in [1.165, 1.54) is 25.7 Å². The van der Waals surface area contributed by atoms with Gasteiger partial charge in [0.05, 0.1) is 24.4 Å². The lowest BCUT2D eigenvalue weighted by Gasteiger charge is -2.21. The standard InChI is InChI=1S/C18H21N5O/c1-24-15-8-6-14(7-9-15)23-18-16(12-21-23)17(19-13-20-18)22-10-4-2-3-5-11-22/h6-9,12-13H,2-5,10-11H2,1H3. The van der Waals surface area contributed by atoms with Gasteiger partial charge >= 0.3 is 0 Å². The molecule has 1 aliphatic rings. The molecule has 6 nitrogen and oxygen atoms in total. The Morgan fingerprint density at radius 2 is 1.71 bits per heavy atom. The van der Waals surface area contributed by atoms with E-state index in [-0.39, 0.29) is 0 Å². The van der Waals surface area contributed by atoms with E-state index in [4.69, 9.17) is 4.74 Å². The van der Waals surface area contributed by atoms with E-state index in [1.54, 1.807) is 13.4 Å². The van der Waals surface area contributed by atoms with E-state index < -0.39 is 0 Å². The quantitative estimate of drug-likeness (QED) is 0.741. The Labute approximate surface area is 141 Å². The molecule has 24 heavy (non-hydrogen) atoms. The van der Waals surface area contributed by atoms with Gasteiger partial charge in [0.1, 0.15) is 17.9 Å². The third-order valence-electron chi connectivity index (χ3n) is 4.57. The smallest absolute Gasteiger partial charge is 0.168 e. The molecule has 0 aliphatic carbocycles. The minimum atomic E-state index is 0.829.